The van der Waals surface area contributed by atoms with Gasteiger partial charge in [0.05, 0.1) is 0 Å². The minimum Gasteiger partial charge on any atom is -0.0654 e. The van der Waals surface area contributed by atoms with Crippen LogP contribution in [0.3, 0.4) is 0 Å². The molecule has 0 heterocycles. The summed E-state index contributed by atoms with van der Waals surface area (Å²) in [6, 6.07) is 5.06. The summed E-state index contributed by atoms with van der Waals surface area (Å²) in [4.78, 5) is 0. The Morgan fingerprint density at radius 3 is 1.39 bits per heavy atom. The zero-order valence-corrected chi connectivity index (χ0v) is 16.3. The number of unbranched alkanes of at least 4 members (excludes halogenated alkanes) is 6. The van der Waals surface area contributed by atoms with Crippen molar-refractivity contribution in [1.29, 1.82) is 0 Å². The monoisotopic (exact) mass is 316 g/mol. The molecule has 1 aromatic rings. The highest BCUT2D eigenvalue weighted by Crippen LogP contribution is 2.25. The second kappa shape index (κ2) is 12.6. The summed E-state index contributed by atoms with van der Waals surface area (Å²) in [7, 11) is 0. The largest absolute Gasteiger partial charge is 0.0654 e. The van der Waals surface area contributed by atoms with Crippen molar-refractivity contribution in [1.82, 2.24) is 0 Å². The van der Waals surface area contributed by atoms with Crippen LogP contribution in [0.4, 0.5) is 0 Å². The Bertz CT molecular complexity index is 385. The van der Waals surface area contributed by atoms with Gasteiger partial charge in [-0.25, -0.2) is 0 Å². The molecular formula is C23H40. The minimum absolute atomic E-state index is 1.18. The van der Waals surface area contributed by atoms with E-state index in [1.165, 1.54) is 83.5 Å². The van der Waals surface area contributed by atoms with Crippen LogP contribution < -0.4 is 0 Å². The fourth-order valence-electron chi connectivity index (χ4n) is 3.52. The third-order valence-corrected chi connectivity index (χ3v) is 5.03. The van der Waals surface area contributed by atoms with Crippen LogP contribution in [0.2, 0.25) is 0 Å². The van der Waals surface area contributed by atoms with Crippen LogP contribution in [0.1, 0.15) is 108 Å². The molecule has 23 heavy (non-hydrogen) atoms. The van der Waals surface area contributed by atoms with Crippen molar-refractivity contribution >= 4 is 0 Å². The molecule has 0 saturated carbocycles. The van der Waals surface area contributed by atoms with E-state index in [0.717, 1.165) is 0 Å². The molecular weight excluding hydrogens is 276 g/mol. The van der Waals surface area contributed by atoms with Crippen molar-refractivity contribution in [2.45, 2.75) is 111 Å². The lowest BCUT2D eigenvalue weighted by Gasteiger charge is -2.18. The Morgan fingerprint density at radius 2 is 1.00 bits per heavy atom. The van der Waals surface area contributed by atoms with Gasteiger partial charge in [0.1, 0.15) is 0 Å². The summed E-state index contributed by atoms with van der Waals surface area (Å²) < 4.78 is 0. The van der Waals surface area contributed by atoms with E-state index < -0.39 is 0 Å². The van der Waals surface area contributed by atoms with Crippen LogP contribution in [0.25, 0.3) is 0 Å². The van der Waals surface area contributed by atoms with Gasteiger partial charge >= 0.3 is 0 Å². The van der Waals surface area contributed by atoms with E-state index in [2.05, 4.69) is 39.8 Å². The summed E-state index contributed by atoms with van der Waals surface area (Å²) in [5, 5.41) is 0. The fraction of sp³-hybridized carbons (Fsp3) is 0.739. The molecule has 0 fully saturated rings. The van der Waals surface area contributed by atoms with E-state index in [-0.39, 0.29) is 0 Å². The first-order valence-electron chi connectivity index (χ1n) is 10.4. The normalized spacial score (nSPS) is 11.1. The molecule has 0 heteroatoms. The molecule has 0 N–H and O–H groups in total. The summed E-state index contributed by atoms with van der Waals surface area (Å²) in [5.74, 6) is 0. The van der Waals surface area contributed by atoms with Gasteiger partial charge in [0.25, 0.3) is 0 Å². The van der Waals surface area contributed by atoms with Crippen molar-refractivity contribution in [2.24, 2.45) is 0 Å². The Hall–Kier alpha value is -0.780. The molecule has 0 aliphatic heterocycles. The molecule has 0 amide bonds. The zero-order valence-electron chi connectivity index (χ0n) is 16.3. The maximum atomic E-state index is 2.53. The SMILES string of the molecule is CCCCCc1cc(CC)cc(CCCCC)c1CCCCC. The van der Waals surface area contributed by atoms with E-state index in [0.29, 0.717) is 0 Å². The van der Waals surface area contributed by atoms with E-state index in [1.807, 2.05) is 0 Å². The van der Waals surface area contributed by atoms with Crippen molar-refractivity contribution < 1.29 is 0 Å². The van der Waals surface area contributed by atoms with Gasteiger partial charge in [0.15, 0.2) is 0 Å². The van der Waals surface area contributed by atoms with Crippen LogP contribution in [-0.4, -0.2) is 0 Å². The van der Waals surface area contributed by atoms with Gasteiger partial charge in [-0.3, -0.25) is 0 Å². The van der Waals surface area contributed by atoms with Gasteiger partial charge in [-0.2, -0.15) is 0 Å². The Labute approximate surface area is 146 Å². The molecule has 0 atom stereocenters. The average Bonchev–Trinajstić information content (AvgIpc) is 2.57. The van der Waals surface area contributed by atoms with Crippen molar-refractivity contribution in [3.8, 4) is 0 Å². The van der Waals surface area contributed by atoms with Gasteiger partial charge < -0.3 is 0 Å². The average molecular weight is 317 g/mol. The Kier molecular flexibility index (Phi) is 11.1. The van der Waals surface area contributed by atoms with Crippen LogP contribution in [0.5, 0.6) is 0 Å². The molecule has 0 unspecified atom stereocenters. The summed E-state index contributed by atoms with van der Waals surface area (Å²) >= 11 is 0. The third-order valence-electron chi connectivity index (χ3n) is 5.03. The molecule has 0 saturated heterocycles. The van der Waals surface area contributed by atoms with Gasteiger partial charge in [0.2, 0.25) is 0 Å². The lowest BCUT2D eigenvalue weighted by molar-refractivity contribution is 0.676. The molecule has 0 aliphatic rings. The lowest BCUT2D eigenvalue weighted by atomic mass is 9.88. The first-order valence-corrected chi connectivity index (χ1v) is 10.4. The van der Waals surface area contributed by atoms with Crippen molar-refractivity contribution in [2.75, 3.05) is 0 Å². The van der Waals surface area contributed by atoms with E-state index in [1.54, 1.807) is 22.3 Å². The molecule has 132 valence electrons. The van der Waals surface area contributed by atoms with Gasteiger partial charge in [-0.15, -0.1) is 0 Å². The summed E-state index contributed by atoms with van der Waals surface area (Å²) in [5.41, 5.74) is 6.64. The second-order valence-electron chi connectivity index (χ2n) is 7.12. The van der Waals surface area contributed by atoms with Crippen LogP contribution in [0, 0.1) is 0 Å². The van der Waals surface area contributed by atoms with Crippen LogP contribution in [-0.2, 0) is 25.7 Å². The summed E-state index contributed by atoms with van der Waals surface area (Å²) in [6.45, 7) is 9.23. The Balaban J connectivity index is 2.97. The lowest BCUT2D eigenvalue weighted by Crippen LogP contribution is -2.04. The van der Waals surface area contributed by atoms with E-state index in [9.17, 15) is 0 Å². The van der Waals surface area contributed by atoms with Crippen LogP contribution in [0.15, 0.2) is 12.1 Å². The maximum Gasteiger partial charge on any atom is -0.0273 e. The standard InChI is InChI=1S/C23H40/c1-5-9-12-15-21-18-20(8-4)19-22(16-13-10-6-2)23(21)17-14-11-7-3/h18-19H,5-17H2,1-4H3. The molecule has 1 aromatic carbocycles. The summed E-state index contributed by atoms with van der Waals surface area (Å²) in [6.07, 6.45) is 17.2. The highest BCUT2D eigenvalue weighted by Gasteiger charge is 2.10. The number of benzene rings is 1. The quantitative estimate of drug-likeness (QED) is 0.331. The highest BCUT2D eigenvalue weighted by molar-refractivity contribution is 5.40. The topological polar surface area (TPSA) is 0 Å². The van der Waals surface area contributed by atoms with Gasteiger partial charge in [-0.05, 0) is 67.2 Å². The number of hydrogen-bond donors (Lipinski definition) is 0. The smallest absolute Gasteiger partial charge is 0.0273 e. The Morgan fingerprint density at radius 1 is 0.565 bits per heavy atom. The first-order chi connectivity index (χ1) is 11.3. The maximum absolute atomic E-state index is 2.53. The molecule has 0 aromatic heterocycles. The predicted molar refractivity (Wildman–Crippen MR) is 106 cm³/mol. The molecule has 0 spiro atoms. The zero-order chi connectivity index (χ0) is 16.9. The first kappa shape index (κ1) is 20.3. The highest BCUT2D eigenvalue weighted by atomic mass is 14.2. The van der Waals surface area contributed by atoms with E-state index >= 15 is 0 Å². The van der Waals surface area contributed by atoms with Crippen molar-refractivity contribution in [3.05, 3.63) is 34.4 Å². The molecule has 0 nitrogen and oxygen atoms in total. The van der Waals surface area contributed by atoms with Gasteiger partial charge in [0, 0.05) is 0 Å². The van der Waals surface area contributed by atoms with Crippen LogP contribution >= 0.6 is 0 Å². The molecule has 0 bridgehead atoms. The number of hydrogen-bond acceptors (Lipinski definition) is 0. The van der Waals surface area contributed by atoms with Crippen molar-refractivity contribution in [3.63, 3.8) is 0 Å². The minimum atomic E-state index is 1.18. The van der Waals surface area contributed by atoms with Gasteiger partial charge in [-0.1, -0.05) is 78.4 Å². The number of aryl methyl sites for hydroxylation is 3. The second-order valence-corrected chi connectivity index (χ2v) is 7.12. The molecule has 0 aliphatic carbocycles. The fourth-order valence-corrected chi connectivity index (χ4v) is 3.52. The third kappa shape index (κ3) is 7.55. The molecule has 1 rings (SSSR count). The molecule has 0 radical (unpaired) electrons. The number of rotatable bonds is 13. The van der Waals surface area contributed by atoms with E-state index in [4.69, 9.17) is 0 Å². The predicted octanol–water partition coefficient (Wildman–Crippen LogP) is 7.45.